The summed E-state index contributed by atoms with van der Waals surface area (Å²) in [7, 11) is 0. The molecule has 1 aromatic heterocycles. The van der Waals surface area contributed by atoms with Crippen LogP contribution in [-0.2, 0) is 6.18 Å². The SMILES string of the molecule is CC(=NO)c1cc(-c2cccc(C(F)(F)F)c2)on1. The Morgan fingerprint density at radius 1 is 1.32 bits per heavy atom. The fourth-order valence-electron chi connectivity index (χ4n) is 1.48. The van der Waals surface area contributed by atoms with E-state index in [-0.39, 0.29) is 22.7 Å². The number of oxime groups is 1. The molecule has 0 aliphatic heterocycles. The molecule has 0 amide bonds. The molecule has 0 saturated heterocycles. The van der Waals surface area contributed by atoms with Crippen LogP contribution in [0.25, 0.3) is 11.3 Å². The van der Waals surface area contributed by atoms with E-state index in [1.165, 1.54) is 25.1 Å². The number of hydrogen-bond acceptors (Lipinski definition) is 4. The van der Waals surface area contributed by atoms with Gasteiger partial charge < -0.3 is 9.73 Å². The second-order valence-electron chi connectivity index (χ2n) is 3.84. The molecule has 2 rings (SSSR count). The van der Waals surface area contributed by atoms with Crippen molar-refractivity contribution in [3.8, 4) is 11.3 Å². The monoisotopic (exact) mass is 270 g/mol. The fraction of sp³-hybridized carbons (Fsp3) is 0.167. The maximum Gasteiger partial charge on any atom is 0.416 e. The van der Waals surface area contributed by atoms with Gasteiger partial charge in [0.1, 0.15) is 11.4 Å². The van der Waals surface area contributed by atoms with Crippen molar-refractivity contribution in [1.29, 1.82) is 0 Å². The van der Waals surface area contributed by atoms with Crippen molar-refractivity contribution in [2.24, 2.45) is 5.16 Å². The lowest BCUT2D eigenvalue weighted by atomic mass is 10.1. The van der Waals surface area contributed by atoms with E-state index >= 15 is 0 Å². The second-order valence-corrected chi connectivity index (χ2v) is 3.84. The highest BCUT2D eigenvalue weighted by Gasteiger charge is 2.30. The standard InChI is InChI=1S/C12H9F3N2O2/c1-7(16-18)10-6-11(19-17-10)8-3-2-4-9(5-8)12(13,14)15/h2-6,18H,1H3. The van der Waals surface area contributed by atoms with Gasteiger partial charge in [0.2, 0.25) is 0 Å². The molecule has 1 N–H and O–H groups in total. The van der Waals surface area contributed by atoms with Crippen molar-refractivity contribution in [2.75, 3.05) is 0 Å². The molecule has 0 radical (unpaired) electrons. The molecule has 0 saturated carbocycles. The van der Waals surface area contributed by atoms with E-state index in [2.05, 4.69) is 10.3 Å². The molecular weight excluding hydrogens is 261 g/mol. The van der Waals surface area contributed by atoms with Crippen LogP contribution < -0.4 is 0 Å². The zero-order chi connectivity index (χ0) is 14.0. The summed E-state index contributed by atoms with van der Waals surface area (Å²) in [4.78, 5) is 0. The Labute approximate surface area is 106 Å². The van der Waals surface area contributed by atoms with Crippen LogP contribution in [0.5, 0.6) is 0 Å². The lowest BCUT2D eigenvalue weighted by molar-refractivity contribution is -0.137. The zero-order valence-electron chi connectivity index (χ0n) is 9.77. The van der Waals surface area contributed by atoms with Gasteiger partial charge in [-0.2, -0.15) is 13.2 Å². The predicted molar refractivity (Wildman–Crippen MR) is 60.9 cm³/mol. The molecule has 0 unspecified atom stereocenters. The third kappa shape index (κ3) is 2.75. The van der Waals surface area contributed by atoms with Crippen LogP contribution in [0.3, 0.4) is 0 Å². The van der Waals surface area contributed by atoms with E-state index in [1.54, 1.807) is 0 Å². The number of aromatic nitrogens is 1. The summed E-state index contributed by atoms with van der Waals surface area (Å²) < 4.78 is 42.7. The molecule has 100 valence electrons. The van der Waals surface area contributed by atoms with Gasteiger partial charge in [-0.1, -0.05) is 22.4 Å². The summed E-state index contributed by atoms with van der Waals surface area (Å²) >= 11 is 0. The van der Waals surface area contributed by atoms with Crippen molar-refractivity contribution >= 4 is 5.71 Å². The smallest absolute Gasteiger partial charge is 0.411 e. The third-order valence-electron chi connectivity index (χ3n) is 2.51. The van der Waals surface area contributed by atoms with Gasteiger partial charge in [0.25, 0.3) is 0 Å². The first kappa shape index (κ1) is 13.1. The van der Waals surface area contributed by atoms with Gasteiger partial charge in [-0.25, -0.2) is 0 Å². The minimum atomic E-state index is -4.42. The Hall–Kier alpha value is -2.31. The molecule has 0 bridgehead atoms. The van der Waals surface area contributed by atoms with E-state index in [0.717, 1.165) is 12.1 Å². The average molecular weight is 270 g/mol. The van der Waals surface area contributed by atoms with Crippen LogP contribution in [0.15, 0.2) is 40.0 Å². The first-order chi connectivity index (χ1) is 8.91. The summed E-state index contributed by atoms with van der Waals surface area (Å²) in [5, 5.41) is 15.1. The van der Waals surface area contributed by atoms with Crippen LogP contribution in [0.4, 0.5) is 13.2 Å². The van der Waals surface area contributed by atoms with Crippen LogP contribution >= 0.6 is 0 Å². The Kier molecular flexibility index (Phi) is 3.28. The van der Waals surface area contributed by atoms with E-state index in [9.17, 15) is 13.2 Å². The van der Waals surface area contributed by atoms with Gasteiger partial charge in [0.05, 0.1) is 5.56 Å². The molecule has 4 nitrogen and oxygen atoms in total. The van der Waals surface area contributed by atoms with Crippen molar-refractivity contribution in [3.63, 3.8) is 0 Å². The zero-order valence-corrected chi connectivity index (χ0v) is 9.77. The number of hydrogen-bond donors (Lipinski definition) is 1. The topological polar surface area (TPSA) is 58.6 Å². The molecule has 0 atom stereocenters. The maximum absolute atomic E-state index is 12.6. The van der Waals surface area contributed by atoms with E-state index in [4.69, 9.17) is 9.73 Å². The normalized spacial score (nSPS) is 12.7. The van der Waals surface area contributed by atoms with Gasteiger partial charge in [-0.15, -0.1) is 0 Å². The Balaban J connectivity index is 2.40. The number of nitrogens with zero attached hydrogens (tertiary/aromatic N) is 2. The number of rotatable bonds is 2. The average Bonchev–Trinajstić information content (AvgIpc) is 2.86. The number of alkyl halides is 3. The van der Waals surface area contributed by atoms with E-state index in [1.807, 2.05) is 0 Å². The minimum Gasteiger partial charge on any atom is -0.411 e. The Bertz CT molecular complexity index is 617. The maximum atomic E-state index is 12.6. The van der Waals surface area contributed by atoms with Crippen LogP contribution in [0, 0.1) is 0 Å². The van der Waals surface area contributed by atoms with Gasteiger partial charge in [0, 0.05) is 11.6 Å². The van der Waals surface area contributed by atoms with Gasteiger partial charge in [-0.3, -0.25) is 0 Å². The number of benzene rings is 1. The lowest BCUT2D eigenvalue weighted by Gasteiger charge is -2.06. The summed E-state index contributed by atoms with van der Waals surface area (Å²) in [6, 6.07) is 6.11. The molecule has 7 heteroatoms. The molecule has 0 aliphatic rings. The Morgan fingerprint density at radius 2 is 2.05 bits per heavy atom. The molecule has 1 heterocycles. The first-order valence-electron chi connectivity index (χ1n) is 5.25. The van der Waals surface area contributed by atoms with Crippen molar-refractivity contribution in [3.05, 3.63) is 41.6 Å². The molecular formula is C12H9F3N2O2. The molecule has 0 spiro atoms. The third-order valence-corrected chi connectivity index (χ3v) is 2.51. The summed E-state index contributed by atoms with van der Waals surface area (Å²) in [6.45, 7) is 1.49. The minimum absolute atomic E-state index is 0.170. The lowest BCUT2D eigenvalue weighted by Crippen LogP contribution is -2.04. The molecule has 0 aliphatic carbocycles. The van der Waals surface area contributed by atoms with Crippen molar-refractivity contribution in [1.82, 2.24) is 5.16 Å². The van der Waals surface area contributed by atoms with Gasteiger partial charge in [0.15, 0.2) is 5.76 Å². The van der Waals surface area contributed by atoms with Crippen LogP contribution in [-0.4, -0.2) is 16.1 Å². The highest BCUT2D eigenvalue weighted by Crippen LogP contribution is 2.32. The molecule has 1 aromatic carbocycles. The van der Waals surface area contributed by atoms with E-state index < -0.39 is 11.7 Å². The quantitative estimate of drug-likeness (QED) is 0.515. The molecule has 0 fully saturated rings. The second kappa shape index (κ2) is 4.75. The van der Waals surface area contributed by atoms with E-state index in [0.29, 0.717) is 0 Å². The van der Waals surface area contributed by atoms with Gasteiger partial charge >= 0.3 is 6.18 Å². The Morgan fingerprint density at radius 3 is 2.68 bits per heavy atom. The van der Waals surface area contributed by atoms with Crippen LogP contribution in [0.1, 0.15) is 18.2 Å². The number of halogens is 3. The fourth-order valence-corrected chi connectivity index (χ4v) is 1.48. The summed E-state index contributed by atoms with van der Waals surface area (Å²) in [5.74, 6) is 0.170. The van der Waals surface area contributed by atoms with Crippen LogP contribution in [0.2, 0.25) is 0 Å². The first-order valence-corrected chi connectivity index (χ1v) is 5.25. The summed E-state index contributed by atoms with van der Waals surface area (Å²) in [6.07, 6.45) is -4.42. The van der Waals surface area contributed by atoms with Crippen molar-refractivity contribution < 1.29 is 22.9 Å². The summed E-state index contributed by atoms with van der Waals surface area (Å²) in [5.41, 5.74) is -0.0494. The largest absolute Gasteiger partial charge is 0.416 e. The highest BCUT2D eigenvalue weighted by molar-refractivity contribution is 5.97. The molecule has 2 aromatic rings. The predicted octanol–water partition coefficient (Wildman–Crippen LogP) is 3.56. The molecule has 19 heavy (non-hydrogen) atoms. The highest BCUT2D eigenvalue weighted by atomic mass is 19.4. The van der Waals surface area contributed by atoms with Crippen molar-refractivity contribution in [2.45, 2.75) is 13.1 Å². The van der Waals surface area contributed by atoms with Gasteiger partial charge in [-0.05, 0) is 19.1 Å².